The van der Waals surface area contributed by atoms with Crippen molar-refractivity contribution in [2.45, 2.75) is 44.7 Å². The third kappa shape index (κ3) is 3.41. The average molecular weight is 287 g/mol. The van der Waals surface area contributed by atoms with Gasteiger partial charge < -0.3 is 10.2 Å². The maximum Gasteiger partial charge on any atom is 0.0373 e. The molecule has 1 aromatic carbocycles. The molecular weight excluding hydrogens is 258 g/mol. The van der Waals surface area contributed by atoms with Crippen LogP contribution in [0.4, 0.5) is 5.69 Å². The van der Waals surface area contributed by atoms with Crippen molar-refractivity contribution in [2.24, 2.45) is 0 Å². The van der Waals surface area contributed by atoms with Crippen LogP contribution in [0, 0.1) is 0 Å². The molecule has 1 unspecified atom stereocenters. The van der Waals surface area contributed by atoms with E-state index in [1.807, 2.05) is 0 Å². The highest BCUT2D eigenvalue weighted by molar-refractivity contribution is 5.52. The summed E-state index contributed by atoms with van der Waals surface area (Å²) in [5.41, 5.74) is 2.82. The van der Waals surface area contributed by atoms with Gasteiger partial charge in [-0.1, -0.05) is 25.1 Å². The van der Waals surface area contributed by atoms with Crippen LogP contribution in [-0.4, -0.2) is 55.1 Å². The van der Waals surface area contributed by atoms with E-state index in [2.05, 4.69) is 53.4 Å². The summed E-state index contributed by atoms with van der Waals surface area (Å²) >= 11 is 0. The number of hydrogen-bond donors (Lipinski definition) is 1. The molecule has 2 aliphatic rings. The molecule has 2 heterocycles. The zero-order valence-electron chi connectivity index (χ0n) is 13.5. The van der Waals surface area contributed by atoms with Gasteiger partial charge in [0.05, 0.1) is 0 Å². The van der Waals surface area contributed by atoms with Crippen LogP contribution in [0.15, 0.2) is 24.3 Å². The molecule has 3 heteroatoms. The lowest BCUT2D eigenvalue weighted by atomic mass is 9.99. The SMILES string of the molecule is CCN1CCC(N(C)C2CCc3ccccc3NC2)CC1. The van der Waals surface area contributed by atoms with Crippen molar-refractivity contribution >= 4 is 5.69 Å². The number of rotatable bonds is 3. The van der Waals surface area contributed by atoms with Gasteiger partial charge >= 0.3 is 0 Å². The van der Waals surface area contributed by atoms with Crippen LogP contribution in [0.3, 0.4) is 0 Å². The first-order chi connectivity index (χ1) is 10.3. The Hall–Kier alpha value is -1.06. The van der Waals surface area contributed by atoms with Crippen LogP contribution >= 0.6 is 0 Å². The van der Waals surface area contributed by atoms with Crippen LogP contribution in [0.1, 0.15) is 31.7 Å². The molecule has 21 heavy (non-hydrogen) atoms. The first-order valence-corrected chi connectivity index (χ1v) is 8.54. The largest absolute Gasteiger partial charge is 0.383 e. The third-order valence-corrected chi connectivity index (χ3v) is 5.45. The molecule has 1 aromatic rings. The quantitative estimate of drug-likeness (QED) is 0.922. The van der Waals surface area contributed by atoms with E-state index in [-0.39, 0.29) is 0 Å². The van der Waals surface area contributed by atoms with Gasteiger partial charge in [-0.3, -0.25) is 4.90 Å². The zero-order chi connectivity index (χ0) is 14.7. The lowest BCUT2D eigenvalue weighted by Crippen LogP contribution is -2.48. The van der Waals surface area contributed by atoms with Crippen LogP contribution in [0.2, 0.25) is 0 Å². The lowest BCUT2D eigenvalue weighted by molar-refractivity contribution is 0.0995. The fourth-order valence-corrected chi connectivity index (χ4v) is 3.85. The fraction of sp³-hybridized carbons (Fsp3) is 0.667. The minimum atomic E-state index is 0.663. The molecular formula is C18H29N3. The summed E-state index contributed by atoms with van der Waals surface area (Å²) in [6.07, 6.45) is 5.13. The standard InChI is InChI=1S/C18H29N3/c1-3-21-12-10-16(11-13-21)20(2)17-9-8-15-6-4-5-7-18(15)19-14-17/h4-7,16-17,19H,3,8-14H2,1-2H3. The van der Waals surface area contributed by atoms with Crippen LogP contribution < -0.4 is 5.32 Å². The zero-order valence-corrected chi connectivity index (χ0v) is 13.5. The Kier molecular flexibility index (Phi) is 4.81. The van der Waals surface area contributed by atoms with Crippen molar-refractivity contribution in [1.29, 1.82) is 0 Å². The molecule has 2 aliphatic heterocycles. The van der Waals surface area contributed by atoms with Crippen molar-refractivity contribution in [1.82, 2.24) is 9.80 Å². The predicted molar refractivity (Wildman–Crippen MR) is 89.9 cm³/mol. The van der Waals surface area contributed by atoms with Crippen molar-refractivity contribution in [3.05, 3.63) is 29.8 Å². The second-order valence-corrected chi connectivity index (χ2v) is 6.56. The van der Waals surface area contributed by atoms with E-state index in [0.29, 0.717) is 6.04 Å². The molecule has 1 atom stereocenters. The van der Waals surface area contributed by atoms with E-state index in [1.165, 1.54) is 56.6 Å². The van der Waals surface area contributed by atoms with E-state index < -0.39 is 0 Å². The summed E-state index contributed by atoms with van der Waals surface area (Å²) in [7, 11) is 2.34. The van der Waals surface area contributed by atoms with Gasteiger partial charge in [-0.15, -0.1) is 0 Å². The number of fused-ring (bicyclic) bond motifs is 1. The molecule has 0 bridgehead atoms. The Morgan fingerprint density at radius 2 is 1.90 bits per heavy atom. The molecule has 1 saturated heterocycles. The maximum atomic E-state index is 3.66. The molecule has 0 aliphatic carbocycles. The summed E-state index contributed by atoms with van der Waals surface area (Å²) in [6, 6.07) is 10.2. The minimum absolute atomic E-state index is 0.663. The number of aryl methyl sites for hydroxylation is 1. The molecule has 0 saturated carbocycles. The number of nitrogens with one attached hydrogen (secondary N) is 1. The molecule has 3 nitrogen and oxygen atoms in total. The predicted octanol–water partition coefficient (Wildman–Crippen LogP) is 2.83. The van der Waals surface area contributed by atoms with Gasteiger partial charge in [0.25, 0.3) is 0 Å². The van der Waals surface area contributed by atoms with Crippen molar-refractivity contribution in [3.63, 3.8) is 0 Å². The van der Waals surface area contributed by atoms with Gasteiger partial charge in [0.1, 0.15) is 0 Å². The highest BCUT2D eigenvalue weighted by Crippen LogP contribution is 2.25. The molecule has 0 amide bonds. The van der Waals surface area contributed by atoms with E-state index in [1.54, 1.807) is 0 Å². The smallest absolute Gasteiger partial charge is 0.0373 e. The average Bonchev–Trinajstić information content (AvgIpc) is 2.77. The number of hydrogen-bond acceptors (Lipinski definition) is 3. The van der Waals surface area contributed by atoms with Gasteiger partial charge in [0.2, 0.25) is 0 Å². The highest BCUT2D eigenvalue weighted by atomic mass is 15.2. The summed E-state index contributed by atoms with van der Waals surface area (Å²) in [4.78, 5) is 5.23. The van der Waals surface area contributed by atoms with E-state index in [9.17, 15) is 0 Å². The summed E-state index contributed by atoms with van der Waals surface area (Å²) < 4.78 is 0. The molecule has 0 spiro atoms. The third-order valence-electron chi connectivity index (χ3n) is 5.45. The topological polar surface area (TPSA) is 18.5 Å². The van der Waals surface area contributed by atoms with Gasteiger partial charge in [0.15, 0.2) is 0 Å². The Labute approximate surface area is 129 Å². The summed E-state index contributed by atoms with van der Waals surface area (Å²) in [5, 5.41) is 3.66. The number of nitrogens with zero attached hydrogens (tertiary/aromatic N) is 2. The Bertz CT molecular complexity index is 425. The van der Waals surface area contributed by atoms with Gasteiger partial charge in [-0.2, -0.15) is 0 Å². The first kappa shape index (κ1) is 14.9. The molecule has 3 rings (SSSR count). The Morgan fingerprint density at radius 3 is 2.67 bits per heavy atom. The molecule has 0 radical (unpaired) electrons. The number of anilines is 1. The van der Waals surface area contributed by atoms with Gasteiger partial charge in [-0.05, 0) is 64.0 Å². The summed E-state index contributed by atoms with van der Waals surface area (Å²) in [5.74, 6) is 0. The van der Waals surface area contributed by atoms with Gasteiger partial charge in [-0.25, -0.2) is 0 Å². The van der Waals surface area contributed by atoms with E-state index in [4.69, 9.17) is 0 Å². The molecule has 116 valence electrons. The van der Waals surface area contributed by atoms with Gasteiger partial charge in [0, 0.05) is 24.3 Å². The number of benzene rings is 1. The van der Waals surface area contributed by atoms with E-state index in [0.717, 1.165) is 12.6 Å². The number of para-hydroxylation sites is 1. The fourth-order valence-electron chi connectivity index (χ4n) is 3.85. The lowest BCUT2D eigenvalue weighted by Gasteiger charge is -2.40. The second-order valence-electron chi connectivity index (χ2n) is 6.56. The van der Waals surface area contributed by atoms with Crippen LogP contribution in [-0.2, 0) is 6.42 Å². The first-order valence-electron chi connectivity index (χ1n) is 8.54. The van der Waals surface area contributed by atoms with Crippen LogP contribution in [0.25, 0.3) is 0 Å². The monoisotopic (exact) mass is 287 g/mol. The molecule has 1 fully saturated rings. The van der Waals surface area contributed by atoms with Crippen molar-refractivity contribution in [3.8, 4) is 0 Å². The minimum Gasteiger partial charge on any atom is -0.383 e. The van der Waals surface area contributed by atoms with Crippen molar-refractivity contribution < 1.29 is 0 Å². The number of likely N-dealkylation sites (N-methyl/N-ethyl adjacent to an activating group) is 1. The molecule has 0 aromatic heterocycles. The number of likely N-dealkylation sites (tertiary alicyclic amines) is 1. The number of piperidine rings is 1. The summed E-state index contributed by atoms with van der Waals surface area (Å²) in [6.45, 7) is 7.10. The van der Waals surface area contributed by atoms with Crippen LogP contribution in [0.5, 0.6) is 0 Å². The Balaban J connectivity index is 1.58. The highest BCUT2D eigenvalue weighted by Gasteiger charge is 2.27. The van der Waals surface area contributed by atoms with Crippen molar-refractivity contribution in [2.75, 3.05) is 38.5 Å². The normalized spacial score (nSPS) is 24.4. The second kappa shape index (κ2) is 6.80. The molecule has 1 N–H and O–H groups in total. The van der Waals surface area contributed by atoms with E-state index >= 15 is 0 Å². The Morgan fingerprint density at radius 1 is 1.14 bits per heavy atom. The maximum absolute atomic E-state index is 3.66.